The van der Waals surface area contributed by atoms with E-state index < -0.39 is 0 Å². The third-order valence-electron chi connectivity index (χ3n) is 3.86. The maximum absolute atomic E-state index is 12.2. The molecule has 122 valence electrons. The van der Waals surface area contributed by atoms with Crippen molar-refractivity contribution in [2.24, 2.45) is 0 Å². The zero-order valence-corrected chi connectivity index (χ0v) is 15.3. The van der Waals surface area contributed by atoms with Gasteiger partial charge in [-0.05, 0) is 61.2 Å². The number of aryl methyl sites for hydroxylation is 2. The number of nitrogens with one attached hydrogen (secondary N) is 1. The number of carbonyl (C=O) groups is 1. The number of carbonyl (C=O) groups excluding carboxylic acids is 1. The van der Waals surface area contributed by atoms with E-state index in [1.165, 1.54) is 28.5 Å². The summed E-state index contributed by atoms with van der Waals surface area (Å²) in [6, 6.07) is 14.0. The second kappa shape index (κ2) is 8.42. The fraction of sp³-hybridized carbons (Fsp3) is 0.316. The van der Waals surface area contributed by atoms with Gasteiger partial charge in [-0.3, -0.25) is 4.79 Å². The molecule has 0 fully saturated rings. The number of halogens is 1. The highest BCUT2D eigenvalue weighted by Crippen LogP contribution is 2.22. The third-order valence-corrected chi connectivity index (χ3v) is 5.12. The smallest absolute Gasteiger partial charge is 0.230 e. The van der Waals surface area contributed by atoms with E-state index >= 15 is 0 Å². The minimum atomic E-state index is 0.0510. The lowest BCUT2D eigenvalue weighted by Crippen LogP contribution is -2.29. The molecule has 1 atom stereocenters. The highest BCUT2D eigenvalue weighted by molar-refractivity contribution is 8.00. The molecule has 2 aromatic carbocycles. The molecule has 1 amide bonds. The average molecular weight is 348 g/mol. The first-order valence-corrected chi connectivity index (χ1v) is 9.11. The monoisotopic (exact) mass is 347 g/mol. The summed E-state index contributed by atoms with van der Waals surface area (Å²) in [6.45, 7) is 6.29. The largest absolute Gasteiger partial charge is 0.349 e. The van der Waals surface area contributed by atoms with Crippen molar-refractivity contribution in [3.63, 3.8) is 0 Å². The van der Waals surface area contributed by atoms with Crippen LogP contribution in [0.1, 0.15) is 36.1 Å². The Hall–Kier alpha value is -1.45. The Balaban J connectivity index is 1.94. The van der Waals surface area contributed by atoms with Crippen molar-refractivity contribution in [3.05, 3.63) is 64.2 Å². The first-order chi connectivity index (χ1) is 11.0. The lowest BCUT2D eigenvalue weighted by atomic mass is 9.99. The summed E-state index contributed by atoms with van der Waals surface area (Å²) in [5.74, 6) is 0.457. The van der Waals surface area contributed by atoms with Gasteiger partial charge >= 0.3 is 0 Å². The molecule has 1 N–H and O–H groups in total. The molecule has 0 aliphatic rings. The van der Waals surface area contributed by atoms with Crippen LogP contribution in [0.3, 0.4) is 0 Å². The van der Waals surface area contributed by atoms with Gasteiger partial charge in [-0.2, -0.15) is 0 Å². The van der Waals surface area contributed by atoms with Gasteiger partial charge in [0.2, 0.25) is 5.91 Å². The van der Waals surface area contributed by atoms with E-state index in [-0.39, 0.29) is 11.9 Å². The van der Waals surface area contributed by atoms with Crippen LogP contribution in [0.15, 0.2) is 47.4 Å². The predicted molar refractivity (Wildman–Crippen MR) is 99.3 cm³/mol. The molecule has 0 spiro atoms. The van der Waals surface area contributed by atoms with Gasteiger partial charge in [0.25, 0.3) is 0 Å². The molecule has 2 aromatic rings. The molecule has 0 saturated heterocycles. The van der Waals surface area contributed by atoms with Crippen LogP contribution in [0.25, 0.3) is 0 Å². The summed E-state index contributed by atoms with van der Waals surface area (Å²) < 4.78 is 0. The second-order valence-corrected chi connectivity index (χ2v) is 7.10. The molecule has 0 unspecified atom stereocenters. The topological polar surface area (TPSA) is 29.1 Å². The van der Waals surface area contributed by atoms with Gasteiger partial charge in [0, 0.05) is 9.92 Å². The summed E-state index contributed by atoms with van der Waals surface area (Å²) in [4.78, 5) is 13.3. The molecular weight excluding hydrogens is 326 g/mol. The van der Waals surface area contributed by atoms with Gasteiger partial charge in [-0.15, -0.1) is 11.8 Å². The van der Waals surface area contributed by atoms with Crippen molar-refractivity contribution in [1.29, 1.82) is 0 Å². The number of thioether (sulfide) groups is 1. The maximum atomic E-state index is 12.2. The summed E-state index contributed by atoms with van der Waals surface area (Å²) in [5, 5.41) is 3.83. The van der Waals surface area contributed by atoms with Crippen LogP contribution in [0.4, 0.5) is 0 Å². The van der Waals surface area contributed by atoms with E-state index in [9.17, 15) is 4.79 Å². The number of rotatable bonds is 6. The molecule has 0 aliphatic heterocycles. The van der Waals surface area contributed by atoms with Crippen LogP contribution in [-0.4, -0.2) is 11.7 Å². The van der Waals surface area contributed by atoms with Crippen LogP contribution in [0.2, 0.25) is 5.02 Å². The molecule has 23 heavy (non-hydrogen) atoms. The standard InChI is InChI=1S/C19H22ClNOS/c1-4-18(15-6-5-13(2)14(3)11-15)21-19(22)12-23-17-9-7-16(20)8-10-17/h5-11,18H,4,12H2,1-3H3,(H,21,22)/t18-/m1/s1. The third kappa shape index (κ3) is 5.29. The van der Waals surface area contributed by atoms with Crippen LogP contribution in [0, 0.1) is 13.8 Å². The van der Waals surface area contributed by atoms with Crippen molar-refractivity contribution in [1.82, 2.24) is 5.32 Å². The molecule has 4 heteroatoms. The van der Waals surface area contributed by atoms with E-state index in [1.807, 2.05) is 24.3 Å². The Bertz CT molecular complexity index is 670. The number of hydrogen-bond acceptors (Lipinski definition) is 2. The highest BCUT2D eigenvalue weighted by atomic mass is 35.5. The molecule has 0 aromatic heterocycles. The summed E-state index contributed by atoms with van der Waals surface area (Å²) in [7, 11) is 0. The molecule has 2 rings (SSSR count). The molecule has 2 nitrogen and oxygen atoms in total. The van der Waals surface area contributed by atoms with Crippen molar-refractivity contribution < 1.29 is 4.79 Å². The first kappa shape index (κ1) is 17.9. The number of amides is 1. The molecule has 0 saturated carbocycles. The van der Waals surface area contributed by atoms with Gasteiger partial charge in [0.15, 0.2) is 0 Å². The van der Waals surface area contributed by atoms with Crippen molar-refractivity contribution in [3.8, 4) is 0 Å². The zero-order chi connectivity index (χ0) is 16.8. The van der Waals surface area contributed by atoms with Crippen molar-refractivity contribution in [2.75, 3.05) is 5.75 Å². The van der Waals surface area contributed by atoms with Gasteiger partial charge in [0.1, 0.15) is 0 Å². The molecule has 0 bridgehead atoms. The lowest BCUT2D eigenvalue weighted by Gasteiger charge is -2.18. The maximum Gasteiger partial charge on any atom is 0.230 e. The fourth-order valence-electron chi connectivity index (χ4n) is 2.32. The summed E-state index contributed by atoms with van der Waals surface area (Å²) in [6.07, 6.45) is 0.875. The highest BCUT2D eigenvalue weighted by Gasteiger charge is 2.13. The van der Waals surface area contributed by atoms with E-state index in [4.69, 9.17) is 11.6 Å². The SMILES string of the molecule is CC[C@@H](NC(=O)CSc1ccc(Cl)cc1)c1ccc(C)c(C)c1. The van der Waals surface area contributed by atoms with Crippen LogP contribution < -0.4 is 5.32 Å². The first-order valence-electron chi connectivity index (χ1n) is 7.74. The number of benzene rings is 2. The van der Waals surface area contributed by atoms with E-state index in [0.717, 1.165) is 11.3 Å². The molecule has 0 aliphatic carbocycles. The normalized spacial score (nSPS) is 12.0. The minimum Gasteiger partial charge on any atom is -0.349 e. The molecular formula is C19H22ClNOS. The van der Waals surface area contributed by atoms with Crippen molar-refractivity contribution >= 4 is 29.3 Å². The Labute approximate surface area is 147 Å². The van der Waals surface area contributed by atoms with Gasteiger partial charge in [-0.1, -0.05) is 36.7 Å². The van der Waals surface area contributed by atoms with E-state index in [1.54, 1.807) is 0 Å². The summed E-state index contributed by atoms with van der Waals surface area (Å²) in [5.41, 5.74) is 3.69. The van der Waals surface area contributed by atoms with Gasteiger partial charge in [-0.25, -0.2) is 0 Å². The Kier molecular flexibility index (Phi) is 6.55. The number of hydrogen-bond donors (Lipinski definition) is 1. The van der Waals surface area contributed by atoms with Crippen LogP contribution >= 0.6 is 23.4 Å². The van der Waals surface area contributed by atoms with Gasteiger partial charge in [0.05, 0.1) is 11.8 Å². The second-order valence-electron chi connectivity index (χ2n) is 5.61. The average Bonchev–Trinajstić information content (AvgIpc) is 2.55. The molecule has 0 heterocycles. The Morgan fingerprint density at radius 3 is 2.43 bits per heavy atom. The Morgan fingerprint density at radius 1 is 1.13 bits per heavy atom. The quantitative estimate of drug-likeness (QED) is 0.717. The van der Waals surface area contributed by atoms with Crippen molar-refractivity contribution in [2.45, 2.75) is 38.1 Å². The van der Waals surface area contributed by atoms with Crippen LogP contribution in [0.5, 0.6) is 0 Å². The lowest BCUT2D eigenvalue weighted by molar-refractivity contribution is -0.119. The predicted octanol–water partition coefficient (Wildman–Crippen LogP) is 5.32. The fourth-order valence-corrected chi connectivity index (χ4v) is 3.15. The Morgan fingerprint density at radius 2 is 1.83 bits per heavy atom. The minimum absolute atomic E-state index is 0.0510. The van der Waals surface area contributed by atoms with Gasteiger partial charge < -0.3 is 5.32 Å². The summed E-state index contributed by atoms with van der Waals surface area (Å²) >= 11 is 7.38. The zero-order valence-electron chi connectivity index (χ0n) is 13.7. The molecule has 0 radical (unpaired) electrons. The van der Waals surface area contributed by atoms with E-state index in [2.05, 4.69) is 44.3 Å². The van der Waals surface area contributed by atoms with Crippen LogP contribution in [-0.2, 0) is 4.79 Å². The van der Waals surface area contributed by atoms with E-state index in [0.29, 0.717) is 10.8 Å².